The molecule has 5 rings (SSSR count). The summed E-state index contributed by atoms with van der Waals surface area (Å²) in [5.74, 6) is -2.10. The quantitative estimate of drug-likeness (QED) is 0.150. The lowest BCUT2D eigenvalue weighted by molar-refractivity contribution is -0.385. The lowest BCUT2D eigenvalue weighted by Gasteiger charge is -2.35. The maximum atomic E-state index is 13.9. The number of nitro benzene ring substituents is 1. The zero-order valence-corrected chi connectivity index (χ0v) is 25.9. The van der Waals surface area contributed by atoms with Gasteiger partial charge in [-0.15, -0.1) is 0 Å². The van der Waals surface area contributed by atoms with Crippen molar-refractivity contribution in [1.82, 2.24) is 14.1 Å². The van der Waals surface area contributed by atoms with Crippen LogP contribution in [0, 0.1) is 27.2 Å². The molecule has 2 aliphatic rings. The van der Waals surface area contributed by atoms with Crippen LogP contribution in [0.5, 0.6) is 11.5 Å². The van der Waals surface area contributed by atoms with Gasteiger partial charge in [-0.05, 0) is 43.0 Å². The fourth-order valence-electron chi connectivity index (χ4n) is 4.99. The summed E-state index contributed by atoms with van der Waals surface area (Å²) in [6.45, 7) is 5.15. The molecule has 1 saturated heterocycles. The SMILES string of the molecule is CCCCOc1ccc(CS(=O)(=O)N2CCN(c3cnn(-c4cc(F)cc(F)c4)c(=O)c3OCC3(C)CC3)CC2)cc1[N+](=O)[O-]. The fraction of sp³-hybridized carbons (Fsp3) is 0.467. The number of hydrogen-bond donors (Lipinski definition) is 0. The van der Waals surface area contributed by atoms with Gasteiger partial charge in [-0.2, -0.15) is 14.1 Å². The van der Waals surface area contributed by atoms with Crippen LogP contribution < -0.4 is 19.9 Å². The normalized spacial score (nSPS) is 16.4. The van der Waals surface area contributed by atoms with Crippen LogP contribution in [0.15, 0.2) is 47.4 Å². The van der Waals surface area contributed by atoms with Gasteiger partial charge in [0.25, 0.3) is 0 Å². The van der Waals surface area contributed by atoms with Crippen LogP contribution in [0.1, 0.15) is 45.1 Å². The van der Waals surface area contributed by atoms with Crippen LogP contribution in [-0.2, 0) is 15.8 Å². The molecule has 1 saturated carbocycles. The minimum atomic E-state index is -3.85. The Bertz CT molecular complexity index is 1720. The van der Waals surface area contributed by atoms with Gasteiger partial charge in [-0.1, -0.05) is 26.3 Å². The van der Waals surface area contributed by atoms with Crippen LogP contribution in [0.3, 0.4) is 0 Å². The molecule has 0 unspecified atom stereocenters. The number of unbranched alkanes of at least 4 members (excludes halogenated alkanes) is 1. The Labute approximate surface area is 259 Å². The van der Waals surface area contributed by atoms with Crippen molar-refractivity contribution in [3.63, 3.8) is 0 Å². The summed E-state index contributed by atoms with van der Waals surface area (Å²) >= 11 is 0. The monoisotopic (exact) mass is 647 g/mol. The summed E-state index contributed by atoms with van der Waals surface area (Å²) in [5.41, 5.74) is -0.547. The van der Waals surface area contributed by atoms with Crippen molar-refractivity contribution in [3.05, 3.63) is 80.3 Å². The molecular formula is C30H35F2N5O7S. The van der Waals surface area contributed by atoms with Crippen molar-refractivity contribution in [2.45, 2.75) is 45.3 Å². The Hall–Kier alpha value is -4.11. The molecule has 242 valence electrons. The maximum Gasteiger partial charge on any atom is 0.316 e. The van der Waals surface area contributed by atoms with Crippen LogP contribution in [0.4, 0.5) is 20.2 Å². The summed E-state index contributed by atoms with van der Waals surface area (Å²) in [7, 11) is -3.85. The van der Waals surface area contributed by atoms with Gasteiger partial charge >= 0.3 is 11.2 Å². The van der Waals surface area contributed by atoms with E-state index in [4.69, 9.17) is 9.47 Å². The van der Waals surface area contributed by atoms with Gasteiger partial charge in [-0.25, -0.2) is 17.2 Å². The first-order valence-electron chi connectivity index (χ1n) is 14.7. The van der Waals surface area contributed by atoms with E-state index in [2.05, 4.69) is 5.10 Å². The van der Waals surface area contributed by atoms with Gasteiger partial charge in [0, 0.05) is 43.7 Å². The molecule has 0 bridgehead atoms. The molecule has 0 amide bonds. The maximum absolute atomic E-state index is 13.9. The van der Waals surface area contributed by atoms with Gasteiger partial charge in [0.2, 0.25) is 15.8 Å². The van der Waals surface area contributed by atoms with Crippen LogP contribution in [-0.4, -0.2) is 66.8 Å². The first-order chi connectivity index (χ1) is 21.4. The minimum absolute atomic E-state index is 0.0346. The van der Waals surface area contributed by atoms with Crippen LogP contribution in [0.25, 0.3) is 5.69 Å². The summed E-state index contributed by atoms with van der Waals surface area (Å²) in [4.78, 5) is 26.3. The minimum Gasteiger partial charge on any atom is -0.487 e. The molecular weight excluding hydrogens is 612 g/mol. The number of anilines is 1. The number of piperazine rings is 1. The van der Waals surface area contributed by atoms with Crippen molar-refractivity contribution in [3.8, 4) is 17.2 Å². The number of sulfonamides is 1. The first kappa shape index (κ1) is 32.3. The van der Waals surface area contributed by atoms with Crippen molar-refractivity contribution in [1.29, 1.82) is 0 Å². The second-order valence-corrected chi connectivity index (χ2v) is 13.7. The smallest absolute Gasteiger partial charge is 0.316 e. The average molecular weight is 648 g/mol. The summed E-state index contributed by atoms with van der Waals surface area (Å²) < 4.78 is 68.2. The third-order valence-electron chi connectivity index (χ3n) is 7.97. The zero-order valence-electron chi connectivity index (χ0n) is 25.1. The number of nitrogens with zero attached hydrogens (tertiary/aromatic N) is 5. The summed E-state index contributed by atoms with van der Waals surface area (Å²) in [6.07, 6.45) is 4.84. The molecule has 15 heteroatoms. The average Bonchev–Trinajstić information content (AvgIpc) is 3.73. The molecule has 45 heavy (non-hydrogen) atoms. The van der Waals surface area contributed by atoms with E-state index in [9.17, 15) is 32.1 Å². The van der Waals surface area contributed by atoms with Gasteiger partial charge in [0.15, 0.2) is 5.75 Å². The molecule has 1 aliphatic carbocycles. The highest BCUT2D eigenvalue weighted by Crippen LogP contribution is 2.45. The third kappa shape index (κ3) is 7.59. The van der Waals surface area contributed by atoms with Crippen molar-refractivity contribution in [2.24, 2.45) is 5.41 Å². The van der Waals surface area contributed by atoms with E-state index in [1.165, 1.54) is 28.7 Å². The Morgan fingerprint density at radius 2 is 1.73 bits per heavy atom. The Balaban J connectivity index is 1.33. The molecule has 1 aromatic heterocycles. The number of nitro groups is 1. The van der Waals surface area contributed by atoms with E-state index in [-0.39, 0.29) is 66.6 Å². The van der Waals surface area contributed by atoms with E-state index in [0.29, 0.717) is 18.4 Å². The van der Waals surface area contributed by atoms with E-state index >= 15 is 0 Å². The topological polar surface area (TPSA) is 137 Å². The predicted molar refractivity (Wildman–Crippen MR) is 162 cm³/mol. The number of aromatic nitrogens is 2. The first-order valence-corrected chi connectivity index (χ1v) is 16.3. The van der Waals surface area contributed by atoms with Gasteiger partial charge in [0.1, 0.15) is 17.3 Å². The second-order valence-electron chi connectivity index (χ2n) is 11.7. The van der Waals surface area contributed by atoms with Crippen molar-refractivity contribution < 1.29 is 31.6 Å². The molecule has 0 radical (unpaired) electrons. The molecule has 2 heterocycles. The third-order valence-corrected chi connectivity index (χ3v) is 9.82. The molecule has 2 aromatic carbocycles. The molecule has 2 fully saturated rings. The van der Waals surface area contributed by atoms with Gasteiger partial charge in [-0.3, -0.25) is 14.9 Å². The van der Waals surface area contributed by atoms with Gasteiger partial charge in [0.05, 0.1) is 35.8 Å². The number of hydrogen-bond acceptors (Lipinski definition) is 9. The van der Waals surface area contributed by atoms with E-state index < -0.39 is 37.9 Å². The largest absolute Gasteiger partial charge is 0.487 e. The molecule has 12 nitrogen and oxygen atoms in total. The van der Waals surface area contributed by atoms with Crippen LogP contribution >= 0.6 is 0 Å². The van der Waals surface area contributed by atoms with Gasteiger partial charge < -0.3 is 14.4 Å². The molecule has 0 atom stereocenters. The highest BCUT2D eigenvalue weighted by Gasteiger charge is 2.39. The molecule has 0 spiro atoms. The summed E-state index contributed by atoms with van der Waals surface area (Å²) in [6, 6.07) is 6.85. The number of benzene rings is 2. The fourth-order valence-corrected chi connectivity index (χ4v) is 6.50. The Morgan fingerprint density at radius 3 is 2.36 bits per heavy atom. The second kappa shape index (κ2) is 13.1. The Morgan fingerprint density at radius 1 is 1.04 bits per heavy atom. The summed E-state index contributed by atoms with van der Waals surface area (Å²) in [5, 5.41) is 15.8. The van der Waals surface area contributed by atoms with Crippen LogP contribution in [0.2, 0.25) is 0 Å². The van der Waals surface area contributed by atoms with E-state index in [0.717, 1.165) is 42.5 Å². The lowest BCUT2D eigenvalue weighted by Crippen LogP contribution is -2.49. The van der Waals surface area contributed by atoms with Crippen molar-refractivity contribution in [2.75, 3.05) is 44.3 Å². The molecule has 1 aliphatic heterocycles. The molecule has 0 N–H and O–H groups in total. The van der Waals surface area contributed by atoms with Crippen molar-refractivity contribution >= 4 is 21.4 Å². The molecule has 3 aromatic rings. The lowest BCUT2D eigenvalue weighted by atomic mass is 10.2. The predicted octanol–water partition coefficient (Wildman–Crippen LogP) is 4.43. The number of halogens is 2. The Kier molecular flexibility index (Phi) is 9.39. The highest BCUT2D eigenvalue weighted by molar-refractivity contribution is 7.88. The van der Waals surface area contributed by atoms with E-state index in [1.54, 1.807) is 4.90 Å². The van der Waals surface area contributed by atoms with E-state index in [1.807, 2.05) is 13.8 Å². The zero-order chi connectivity index (χ0) is 32.4. The highest BCUT2D eigenvalue weighted by atomic mass is 32.2. The number of rotatable bonds is 13. The number of ether oxygens (including phenoxy) is 2. The standard InChI is InChI=1S/C30H35F2N5O7S/c1-3-4-13-43-27-6-5-21(14-25(27)37(39)40)19-45(41,42)35-11-9-34(10-12-35)26-18-33-36(24-16-22(31)15-23(32)17-24)29(38)28(26)44-20-30(2)7-8-30/h5-6,14-18H,3-4,7-13,19-20H2,1-2H3.